The lowest BCUT2D eigenvalue weighted by Gasteiger charge is -2.48. The molecule has 1 aromatic carbocycles. The minimum atomic E-state index is -1.25. The Morgan fingerprint density at radius 1 is 0.968 bits per heavy atom. The fourth-order valence-corrected chi connectivity index (χ4v) is 7.50. The summed E-state index contributed by atoms with van der Waals surface area (Å²) in [6.45, 7) is 1.51. The van der Waals surface area contributed by atoms with Crippen LogP contribution in [0, 0.1) is 22.7 Å². The number of likely N-dealkylation sites (tertiary alicyclic amines) is 1. The number of hydrogen-bond acceptors (Lipinski definition) is 3. The molecule has 1 saturated heterocycles. The number of halogens is 1. The van der Waals surface area contributed by atoms with Gasteiger partial charge in [0.2, 0.25) is 17.7 Å². The van der Waals surface area contributed by atoms with Crippen molar-refractivity contribution in [1.82, 2.24) is 4.90 Å². The maximum Gasteiger partial charge on any atom is 0.229 e. The minimum Gasteiger partial charge on any atom is -0.369 e. The van der Waals surface area contributed by atoms with Crippen LogP contribution in [0.4, 0.5) is 0 Å². The molecular weight excluding hydrogens is 458 g/mol. The first-order valence-corrected chi connectivity index (χ1v) is 11.9. The molecule has 6 nitrogen and oxygen atoms in total. The van der Waals surface area contributed by atoms with E-state index in [2.05, 4.69) is 28.1 Å². The second-order valence-corrected chi connectivity index (χ2v) is 10.6. The number of primary amides is 2. The van der Waals surface area contributed by atoms with Gasteiger partial charge in [-0.15, -0.1) is 0 Å². The molecular formula is C24H28BrN3O3. The van der Waals surface area contributed by atoms with Crippen molar-refractivity contribution in [1.29, 1.82) is 0 Å². The molecule has 1 spiro atoms. The Balaban J connectivity index is 1.65. The van der Waals surface area contributed by atoms with Gasteiger partial charge in [-0.1, -0.05) is 40.2 Å². The number of carbonyl (C=O) groups excluding carboxylic acids is 3. The van der Waals surface area contributed by atoms with E-state index in [0.717, 1.165) is 48.8 Å². The van der Waals surface area contributed by atoms with E-state index in [-0.39, 0.29) is 36.0 Å². The summed E-state index contributed by atoms with van der Waals surface area (Å²) in [5.41, 5.74) is 10.5. The lowest BCUT2D eigenvalue weighted by atomic mass is 9.52. The molecule has 2 saturated carbocycles. The summed E-state index contributed by atoms with van der Waals surface area (Å²) < 4.78 is 0.879. The molecule has 0 unspecified atom stereocenters. The van der Waals surface area contributed by atoms with Crippen LogP contribution in [0.5, 0.6) is 0 Å². The fourth-order valence-electron chi connectivity index (χ4n) is 7.24. The number of carbonyl (C=O) groups is 3. The highest BCUT2D eigenvalue weighted by Crippen LogP contribution is 2.80. The molecule has 31 heavy (non-hydrogen) atoms. The van der Waals surface area contributed by atoms with E-state index in [4.69, 9.17) is 11.5 Å². The summed E-state index contributed by atoms with van der Waals surface area (Å²) in [6.07, 6.45) is 8.48. The van der Waals surface area contributed by atoms with Gasteiger partial charge in [-0.25, -0.2) is 0 Å². The molecule has 4 aliphatic rings. The SMILES string of the molecule is NC(=O)[C@]1(CCC(=O)N2CCCC2)[C@@H]2C=C[C@@H](C23CC3)[C@@]1(C(N)=O)c1ccc(Br)cc1. The second-order valence-electron chi connectivity index (χ2n) is 9.68. The molecule has 164 valence electrons. The lowest BCUT2D eigenvalue weighted by molar-refractivity contribution is -0.145. The molecule has 3 amide bonds. The number of nitrogens with two attached hydrogens (primary N) is 2. The molecule has 1 aliphatic heterocycles. The number of rotatable bonds is 6. The van der Waals surface area contributed by atoms with E-state index >= 15 is 0 Å². The van der Waals surface area contributed by atoms with Gasteiger partial charge in [0, 0.05) is 29.9 Å². The van der Waals surface area contributed by atoms with Crippen molar-refractivity contribution < 1.29 is 14.4 Å². The minimum absolute atomic E-state index is 0.0314. The van der Waals surface area contributed by atoms with Crippen LogP contribution in [0.15, 0.2) is 40.9 Å². The van der Waals surface area contributed by atoms with Crippen molar-refractivity contribution >= 4 is 33.7 Å². The van der Waals surface area contributed by atoms with E-state index < -0.39 is 22.6 Å². The average Bonchev–Trinajstić information content (AvgIpc) is 3.09. The zero-order valence-corrected chi connectivity index (χ0v) is 19.1. The molecule has 0 aromatic heterocycles. The molecule has 4 atom stereocenters. The highest BCUT2D eigenvalue weighted by atomic mass is 79.9. The van der Waals surface area contributed by atoms with E-state index in [0.29, 0.717) is 0 Å². The number of benzene rings is 1. The summed E-state index contributed by atoms with van der Waals surface area (Å²) in [5.74, 6) is -1.37. The third-order valence-corrected chi connectivity index (χ3v) is 9.11. The predicted molar refractivity (Wildman–Crippen MR) is 119 cm³/mol. The zero-order chi connectivity index (χ0) is 22.0. The maximum atomic E-state index is 13.4. The van der Waals surface area contributed by atoms with Crippen LogP contribution in [0.1, 0.15) is 44.1 Å². The number of allylic oxidation sites excluding steroid dienone is 2. The van der Waals surface area contributed by atoms with Crippen LogP contribution >= 0.6 is 15.9 Å². The first kappa shape index (κ1) is 20.7. The molecule has 1 aromatic rings. The number of nitrogens with zero attached hydrogens (tertiary/aromatic N) is 1. The highest BCUT2D eigenvalue weighted by molar-refractivity contribution is 9.10. The first-order chi connectivity index (χ1) is 14.8. The first-order valence-electron chi connectivity index (χ1n) is 11.1. The lowest BCUT2D eigenvalue weighted by Crippen LogP contribution is -2.62. The summed E-state index contributed by atoms with van der Waals surface area (Å²) in [5, 5.41) is 0. The Morgan fingerprint density at radius 2 is 1.58 bits per heavy atom. The van der Waals surface area contributed by atoms with Gasteiger partial charge in [0.05, 0.1) is 10.8 Å². The van der Waals surface area contributed by atoms with Crippen LogP contribution < -0.4 is 11.5 Å². The number of amides is 3. The Hall–Kier alpha value is -2.15. The van der Waals surface area contributed by atoms with Gasteiger partial charge in [0.15, 0.2) is 0 Å². The van der Waals surface area contributed by atoms with Gasteiger partial charge in [-0.3, -0.25) is 14.4 Å². The van der Waals surface area contributed by atoms with Crippen molar-refractivity contribution in [3.63, 3.8) is 0 Å². The van der Waals surface area contributed by atoms with Crippen molar-refractivity contribution in [3.8, 4) is 0 Å². The average molecular weight is 486 g/mol. The molecule has 2 bridgehead atoms. The Labute approximate surface area is 190 Å². The second kappa shape index (κ2) is 6.92. The quantitative estimate of drug-likeness (QED) is 0.604. The van der Waals surface area contributed by atoms with Crippen LogP contribution in [-0.2, 0) is 19.8 Å². The van der Waals surface area contributed by atoms with Gasteiger partial charge in [-0.2, -0.15) is 0 Å². The largest absolute Gasteiger partial charge is 0.369 e. The summed E-state index contributed by atoms with van der Waals surface area (Å²) in [6, 6.07) is 7.49. The summed E-state index contributed by atoms with van der Waals surface area (Å²) in [4.78, 5) is 41.6. The molecule has 1 heterocycles. The molecule has 3 aliphatic carbocycles. The van der Waals surface area contributed by atoms with E-state index in [1.54, 1.807) is 0 Å². The topological polar surface area (TPSA) is 106 Å². The molecule has 4 N–H and O–H groups in total. The molecule has 0 radical (unpaired) electrons. The van der Waals surface area contributed by atoms with Crippen molar-refractivity contribution in [2.24, 2.45) is 34.1 Å². The number of hydrogen-bond donors (Lipinski definition) is 2. The highest BCUT2D eigenvalue weighted by Gasteiger charge is 2.82. The normalized spacial score (nSPS) is 34.4. The molecule has 5 rings (SSSR count). The predicted octanol–water partition coefficient (Wildman–Crippen LogP) is 2.64. The van der Waals surface area contributed by atoms with E-state index in [1.165, 1.54) is 0 Å². The standard InChI is InChI=1S/C24H28BrN3O3/c25-16-5-3-15(4-6-16)24(21(27)31)18-8-7-17(22(18)11-12-22)23(24,20(26)30)10-9-19(29)28-13-1-2-14-28/h3-8,17-18H,1-2,9-14H2,(H2,26,30)(H2,27,31)/t17-,18+,23+,24-/m1/s1. The van der Waals surface area contributed by atoms with Crippen LogP contribution in [0.2, 0.25) is 0 Å². The smallest absolute Gasteiger partial charge is 0.229 e. The zero-order valence-electron chi connectivity index (χ0n) is 17.5. The summed E-state index contributed by atoms with van der Waals surface area (Å²) in [7, 11) is 0. The van der Waals surface area contributed by atoms with Crippen molar-refractivity contribution in [2.45, 2.75) is 43.9 Å². The maximum absolute atomic E-state index is 13.4. The van der Waals surface area contributed by atoms with E-state index in [9.17, 15) is 14.4 Å². The Morgan fingerprint density at radius 3 is 2.13 bits per heavy atom. The van der Waals surface area contributed by atoms with Gasteiger partial charge in [0.1, 0.15) is 0 Å². The molecule has 3 fully saturated rings. The van der Waals surface area contributed by atoms with Gasteiger partial charge >= 0.3 is 0 Å². The van der Waals surface area contributed by atoms with Crippen molar-refractivity contribution in [3.05, 3.63) is 46.5 Å². The fraction of sp³-hybridized carbons (Fsp3) is 0.542. The van der Waals surface area contributed by atoms with Gasteiger partial charge < -0.3 is 16.4 Å². The van der Waals surface area contributed by atoms with Gasteiger partial charge in [0.25, 0.3) is 0 Å². The van der Waals surface area contributed by atoms with Crippen LogP contribution in [0.3, 0.4) is 0 Å². The van der Waals surface area contributed by atoms with Crippen molar-refractivity contribution in [2.75, 3.05) is 13.1 Å². The Bertz CT molecular complexity index is 980. The monoisotopic (exact) mass is 485 g/mol. The summed E-state index contributed by atoms with van der Waals surface area (Å²) >= 11 is 3.46. The van der Waals surface area contributed by atoms with Crippen LogP contribution in [-0.4, -0.2) is 35.7 Å². The third kappa shape index (κ3) is 2.53. The third-order valence-electron chi connectivity index (χ3n) is 8.58. The van der Waals surface area contributed by atoms with E-state index in [1.807, 2.05) is 29.2 Å². The van der Waals surface area contributed by atoms with Crippen LogP contribution in [0.25, 0.3) is 0 Å². The molecule has 7 heteroatoms. The Kier molecular flexibility index (Phi) is 4.63. The van der Waals surface area contributed by atoms with Gasteiger partial charge in [-0.05, 0) is 61.1 Å².